The van der Waals surface area contributed by atoms with Crippen molar-refractivity contribution in [2.45, 2.75) is 31.1 Å². The fourth-order valence-electron chi connectivity index (χ4n) is 1.60. The van der Waals surface area contributed by atoms with Gasteiger partial charge in [-0.1, -0.05) is 12.1 Å². The van der Waals surface area contributed by atoms with Crippen LogP contribution in [0.4, 0.5) is 0 Å². The molecule has 4 nitrogen and oxygen atoms in total. The maximum atomic E-state index is 11.5. The van der Waals surface area contributed by atoms with E-state index in [1.54, 1.807) is 14.2 Å². The topological polar surface area (TPSA) is 47.6 Å². The Morgan fingerprint density at radius 2 is 1.79 bits per heavy atom. The molecule has 0 aromatic heterocycles. The Morgan fingerprint density at radius 1 is 1.21 bits per heavy atom. The average Bonchev–Trinajstić information content (AvgIpc) is 2.38. The van der Waals surface area contributed by atoms with E-state index in [1.165, 1.54) is 11.8 Å². The molecule has 1 aromatic carbocycles. The summed E-state index contributed by atoms with van der Waals surface area (Å²) >= 11 is 1.51. The molecule has 0 unspecified atom stereocenters. The van der Waals surface area contributed by atoms with Crippen molar-refractivity contribution >= 4 is 17.7 Å². The van der Waals surface area contributed by atoms with E-state index in [0.717, 1.165) is 10.5 Å². The van der Waals surface area contributed by atoms with Gasteiger partial charge in [-0.2, -0.15) is 0 Å². The summed E-state index contributed by atoms with van der Waals surface area (Å²) in [7, 11) is 3.21. The number of carbonyl (C=O) groups is 1. The van der Waals surface area contributed by atoms with Crippen LogP contribution in [0.3, 0.4) is 0 Å². The number of methoxy groups -OCH3 is 2. The zero-order chi connectivity index (χ0) is 14.3. The minimum atomic E-state index is -0.344. The average molecular weight is 283 g/mol. The van der Waals surface area contributed by atoms with E-state index in [-0.39, 0.29) is 18.2 Å². The summed E-state index contributed by atoms with van der Waals surface area (Å²) in [4.78, 5) is 12.6. The number of amides is 1. The van der Waals surface area contributed by atoms with Gasteiger partial charge in [-0.15, -0.1) is 11.8 Å². The van der Waals surface area contributed by atoms with E-state index < -0.39 is 0 Å². The van der Waals surface area contributed by atoms with E-state index in [9.17, 15) is 4.79 Å². The van der Waals surface area contributed by atoms with Crippen LogP contribution in [-0.2, 0) is 14.3 Å². The van der Waals surface area contributed by atoms with Gasteiger partial charge in [-0.25, -0.2) is 0 Å². The van der Waals surface area contributed by atoms with Crippen LogP contribution in [0.2, 0.25) is 0 Å². The minimum absolute atomic E-state index is 0.0516. The summed E-state index contributed by atoms with van der Waals surface area (Å²) in [5, 5.41) is 2.86. The zero-order valence-corrected chi connectivity index (χ0v) is 12.6. The third kappa shape index (κ3) is 5.63. The van der Waals surface area contributed by atoms with Gasteiger partial charge in [0.05, 0.1) is 5.75 Å². The Hall–Kier alpha value is -1.04. The largest absolute Gasteiger partial charge is 0.353 e. The first kappa shape index (κ1) is 16.0. The molecule has 0 radical (unpaired) electrons. The number of ether oxygens (including phenoxy) is 2. The van der Waals surface area contributed by atoms with Crippen LogP contribution in [0.5, 0.6) is 0 Å². The Kier molecular flexibility index (Phi) is 6.91. The van der Waals surface area contributed by atoms with Crippen molar-refractivity contribution in [2.75, 3.05) is 20.0 Å². The van der Waals surface area contributed by atoms with Gasteiger partial charge in [0.25, 0.3) is 0 Å². The van der Waals surface area contributed by atoms with Crippen LogP contribution < -0.4 is 5.32 Å². The van der Waals surface area contributed by atoms with Crippen molar-refractivity contribution in [2.24, 2.45) is 0 Å². The van der Waals surface area contributed by atoms with Crippen LogP contribution in [0, 0.1) is 0 Å². The van der Waals surface area contributed by atoms with Crippen LogP contribution in [0.15, 0.2) is 29.2 Å². The van der Waals surface area contributed by atoms with Crippen molar-refractivity contribution in [1.82, 2.24) is 5.32 Å². The highest BCUT2D eigenvalue weighted by Gasteiger charge is 2.09. The van der Waals surface area contributed by atoms with E-state index in [1.807, 2.05) is 38.1 Å². The molecule has 0 aliphatic carbocycles. The molecule has 1 rings (SSSR count). The summed E-state index contributed by atoms with van der Waals surface area (Å²) in [6.07, 6.45) is -0.344. The highest BCUT2D eigenvalue weighted by Crippen LogP contribution is 2.22. The second kappa shape index (κ2) is 8.19. The first-order valence-electron chi connectivity index (χ1n) is 6.14. The summed E-state index contributed by atoms with van der Waals surface area (Å²) in [5.74, 6) is 0.478. The fourth-order valence-corrected chi connectivity index (χ4v) is 2.31. The second-order valence-corrected chi connectivity index (χ2v) is 5.43. The molecule has 1 amide bonds. The van der Waals surface area contributed by atoms with Crippen LogP contribution in [0.1, 0.15) is 25.7 Å². The molecule has 1 aromatic rings. The van der Waals surface area contributed by atoms with Crippen molar-refractivity contribution in [1.29, 1.82) is 0 Å². The van der Waals surface area contributed by atoms with Crippen LogP contribution in [0.25, 0.3) is 0 Å². The molecule has 0 heterocycles. The Labute approximate surface area is 118 Å². The number of hydrogen-bond acceptors (Lipinski definition) is 4. The first-order chi connectivity index (χ1) is 9.06. The summed E-state index contributed by atoms with van der Waals surface area (Å²) in [6.45, 7) is 3.90. The fraction of sp³-hybridized carbons (Fsp3) is 0.500. The molecular weight excluding hydrogens is 262 g/mol. The smallest absolute Gasteiger partial charge is 0.230 e. The molecule has 5 heteroatoms. The second-order valence-electron chi connectivity index (χ2n) is 4.38. The normalized spacial score (nSPS) is 11.1. The molecule has 106 valence electrons. The maximum absolute atomic E-state index is 11.5. The number of rotatable bonds is 7. The molecule has 0 saturated heterocycles. The van der Waals surface area contributed by atoms with E-state index in [0.29, 0.717) is 5.75 Å². The molecule has 0 aliphatic rings. The van der Waals surface area contributed by atoms with Crippen molar-refractivity contribution in [3.63, 3.8) is 0 Å². The highest BCUT2D eigenvalue weighted by molar-refractivity contribution is 8.00. The lowest BCUT2D eigenvalue weighted by atomic mass is 10.2. The zero-order valence-electron chi connectivity index (χ0n) is 11.8. The monoisotopic (exact) mass is 283 g/mol. The van der Waals surface area contributed by atoms with E-state index in [4.69, 9.17) is 9.47 Å². The molecule has 19 heavy (non-hydrogen) atoms. The lowest BCUT2D eigenvalue weighted by molar-refractivity contribution is -0.119. The van der Waals surface area contributed by atoms with E-state index >= 15 is 0 Å². The van der Waals surface area contributed by atoms with Gasteiger partial charge in [-0.3, -0.25) is 4.79 Å². The van der Waals surface area contributed by atoms with Crippen molar-refractivity contribution in [3.05, 3.63) is 29.8 Å². The molecule has 0 saturated carbocycles. The van der Waals surface area contributed by atoms with Gasteiger partial charge in [0, 0.05) is 30.7 Å². The predicted molar refractivity (Wildman–Crippen MR) is 77.2 cm³/mol. The first-order valence-corrected chi connectivity index (χ1v) is 7.13. The van der Waals surface area contributed by atoms with Gasteiger partial charge in [-0.05, 0) is 26.0 Å². The Balaban J connectivity index is 2.50. The van der Waals surface area contributed by atoms with E-state index in [2.05, 4.69) is 5.32 Å². The predicted octanol–water partition coefficient (Wildman–Crippen LogP) is 2.59. The molecule has 0 spiro atoms. The lowest BCUT2D eigenvalue weighted by Crippen LogP contribution is -2.31. The number of nitrogens with one attached hydrogen (secondary N) is 1. The van der Waals surface area contributed by atoms with Gasteiger partial charge in [0.1, 0.15) is 0 Å². The van der Waals surface area contributed by atoms with Crippen molar-refractivity contribution < 1.29 is 14.3 Å². The van der Waals surface area contributed by atoms with Gasteiger partial charge >= 0.3 is 0 Å². The van der Waals surface area contributed by atoms with Crippen LogP contribution in [-0.4, -0.2) is 31.9 Å². The summed E-state index contributed by atoms with van der Waals surface area (Å²) in [6, 6.07) is 8.00. The van der Waals surface area contributed by atoms with Gasteiger partial charge in [0.15, 0.2) is 6.29 Å². The molecule has 1 N–H and O–H groups in total. The lowest BCUT2D eigenvalue weighted by Gasteiger charge is -2.14. The number of carbonyl (C=O) groups excluding carboxylic acids is 1. The Bertz CT molecular complexity index is 388. The third-order valence-electron chi connectivity index (χ3n) is 2.40. The number of thioether (sulfide) groups is 1. The summed E-state index contributed by atoms with van der Waals surface area (Å²) in [5.41, 5.74) is 0.959. The van der Waals surface area contributed by atoms with Crippen LogP contribution >= 0.6 is 11.8 Å². The number of benzene rings is 1. The molecule has 0 atom stereocenters. The van der Waals surface area contributed by atoms with Gasteiger partial charge < -0.3 is 14.8 Å². The highest BCUT2D eigenvalue weighted by atomic mass is 32.2. The SMILES string of the molecule is COC(OC)c1ccc(SCC(=O)NC(C)C)cc1. The quantitative estimate of drug-likeness (QED) is 0.617. The van der Waals surface area contributed by atoms with Crippen molar-refractivity contribution in [3.8, 4) is 0 Å². The Morgan fingerprint density at radius 3 is 2.26 bits per heavy atom. The van der Waals surface area contributed by atoms with Gasteiger partial charge in [0.2, 0.25) is 5.91 Å². The standard InChI is InChI=1S/C14H21NO3S/c1-10(2)15-13(16)9-19-12-7-5-11(6-8-12)14(17-3)18-4/h5-8,10,14H,9H2,1-4H3,(H,15,16). The molecule has 0 aliphatic heterocycles. The third-order valence-corrected chi connectivity index (χ3v) is 3.41. The minimum Gasteiger partial charge on any atom is -0.353 e. The molecular formula is C14H21NO3S. The maximum Gasteiger partial charge on any atom is 0.230 e. The number of hydrogen-bond donors (Lipinski definition) is 1. The molecule has 0 bridgehead atoms. The molecule has 0 fully saturated rings. The summed E-state index contributed by atoms with van der Waals surface area (Å²) < 4.78 is 10.3.